The highest BCUT2D eigenvalue weighted by Crippen LogP contribution is 2.40. The molecule has 0 aliphatic rings. The average molecular weight is 336 g/mol. The zero-order chi connectivity index (χ0) is 16.8. The minimum absolute atomic E-state index is 0.0901. The van der Waals surface area contributed by atoms with Gasteiger partial charge in [-0.05, 0) is 44.7 Å². The Balaban J connectivity index is 2.44. The van der Waals surface area contributed by atoms with Crippen molar-refractivity contribution in [1.82, 2.24) is 5.32 Å². The van der Waals surface area contributed by atoms with Crippen LogP contribution in [0.1, 0.15) is 20.8 Å². The van der Waals surface area contributed by atoms with Crippen LogP contribution in [0.4, 0.5) is 23.7 Å². The summed E-state index contributed by atoms with van der Waals surface area (Å²) in [6.07, 6.45) is -0.563. The number of carbonyl (C=O) groups is 1. The third-order valence-corrected chi connectivity index (χ3v) is 3.03. The lowest BCUT2D eigenvalue weighted by Crippen LogP contribution is -2.35. The van der Waals surface area contributed by atoms with E-state index in [4.69, 9.17) is 4.74 Å². The summed E-state index contributed by atoms with van der Waals surface area (Å²) in [6.45, 7) is 5.76. The zero-order valence-electron chi connectivity index (χ0n) is 12.6. The van der Waals surface area contributed by atoms with Gasteiger partial charge in [-0.15, -0.1) is 0 Å². The molecule has 1 amide bonds. The Labute approximate surface area is 131 Å². The number of rotatable bonds is 5. The largest absolute Gasteiger partial charge is 0.446 e. The van der Waals surface area contributed by atoms with E-state index in [1.54, 1.807) is 32.9 Å². The maximum atomic E-state index is 12.4. The molecule has 4 nitrogen and oxygen atoms in total. The van der Waals surface area contributed by atoms with E-state index in [1.807, 2.05) is 0 Å². The van der Waals surface area contributed by atoms with Gasteiger partial charge in [0.25, 0.3) is 0 Å². The average Bonchev–Trinajstić information content (AvgIpc) is 2.32. The molecule has 0 spiro atoms. The van der Waals surface area contributed by atoms with Crippen LogP contribution in [0.3, 0.4) is 0 Å². The first-order valence-electron chi connectivity index (χ1n) is 6.62. The van der Waals surface area contributed by atoms with E-state index < -0.39 is 17.2 Å². The van der Waals surface area contributed by atoms with Gasteiger partial charge >= 0.3 is 11.6 Å². The molecular formula is C14H19F3N2O2S. The fraction of sp³-hybridized carbons (Fsp3) is 0.500. The molecule has 8 heteroatoms. The lowest BCUT2D eigenvalue weighted by Gasteiger charge is -2.20. The zero-order valence-corrected chi connectivity index (χ0v) is 13.4. The predicted octanol–water partition coefficient (Wildman–Crippen LogP) is 4.24. The van der Waals surface area contributed by atoms with E-state index in [0.29, 0.717) is 5.69 Å². The molecule has 0 bridgehead atoms. The Bertz CT molecular complexity index is 502. The molecule has 124 valence electrons. The summed E-state index contributed by atoms with van der Waals surface area (Å²) in [5.41, 5.74) is -4.56. The topological polar surface area (TPSA) is 50.4 Å². The molecule has 1 rings (SSSR count). The van der Waals surface area contributed by atoms with Gasteiger partial charge in [-0.25, -0.2) is 4.79 Å². The number of nitrogens with one attached hydrogen (secondary N) is 2. The quantitative estimate of drug-likeness (QED) is 0.624. The Morgan fingerprint density at radius 3 is 2.41 bits per heavy atom. The van der Waals surface area contributed by atoms with Crippen LogP contribution in [0.5, 0.6) is 0 Å². The van der Waals surface area contributed by atoms with Gasteiger partial charge in [0.1, 0.15) is 5.60 Å². The van der Waals surface area contributed by atoms with Crippen molar-refractivity contribution in [2.75, 3.05) is 18.4 Å². The Morgan fingerprint density at radius 2 is 1.82 bits per heavy atom. The van der Waals surface area contributed by atoms with Gasteiger partial charge in [-0.2, -0.15) is 13.2 Å². The number of halogens is 3. The maximum absolute atomic E-state index is 12.4. The van der Waals surface area contributed by atoms with Gasteiger partial charge in [-0.3, -0.25) is 0 Å². The summed E-state index contributed by atoms with van der Waals surface area (Å²) < 4.78 is 42.4. The first kappa shape index (κ1) is 18.5. The summed E-state index contributed by atoms with van der Waals surface area (Å²) in [5.74, 6) is 0. The second-order valence-electron chi connectivity index (χ2n) is 5.40. The van der Waals surface area contributed by atoms with E-state index >= 15 is 0 Å². The van der Waals surface area contributed by atoms with Crippen LogP contribution >= 0.6 is 11.8 Å². The van der Waals surface area contributed by atoms with Gasteiger partial charge in [0.15, 0.2) is 0 Å². The maximum Gasteiger partial charge on any atom is 0.446 e. The number of amides is 1. The van der Waals surface area contributed by atoms with Crippen LogP contribution in [0.25, 0.3) is 0 Å². The number of benzene rings is 1. The van der Waals surface area contributed by atoms with E-state index in [2.05, 4.69) is 10.6 Å². The summed E-state index contributed by atoms with van der Waals surface area (Å²) >= 11 is -0.175. The third-order valence-electron chi connectivity index (χ3n) is 2.22. The van der Waals surface area contributed by atoms with Crippen LogP contribution in [-0.2, 0) is 4.74 Å². The van der Waals surface area contributed by atoms with Crippen LogP contribution in [0, 0.1) is 0 Å². The van der Waals surface area contributed by atoms with Crippen LogP contribution in [0.2, 0.25) is 0 Å². The molecule has 0 aliphatic heterocycles. The van der Waals surface area contributed by atoms with Crippen molar-refractivity contribution >= 4 is 23.5 Å². The fourth-order valence-electron chi connectivity index (χ4n) is 1.50. The van der Waals surface area contributed by atoms with Crippen molar-refractivity contribution in [2.45, 2.75) is 36.8 Å². The predicted molar refractivity (Wildman–Crippen MR) is 81.1 cm³/mol. The SMILES string of the molecule is CC(C)(C)OC(=O)NCCNc1ccccc1SC(F)(F)F. The van der Waals surface area contributed by atoms with Crippen molar-refractivity contribution in [1.29, 1.82) is 0 Å². The Kier molecular flexibility index (Phi) is 6.40. The van der Waals surface area contributed by atoms with Crippen LogP contribution < -0.4 is 10.6 Å². The number of para-hydroxylation sites is 1. The molecule has 0 radical (unpaired) electrons. The summed E-state index contributed by atoms with van der Waals surface area (Å²) in [4.78, 5) is 11.5. The first-order valence-corrected chi connectivity index (χ1v) is 7.44. The van der Waals surface area contributed by atoms with Gasteiger partial charge in [0.2, 0.25) is 0 Å². The number of alkyl carbamates (subject to hydrolysis) is 1. The molecule has 0 saturated carbocycles. The lowest BCUT2D eigenvalue weighted by molar-refractivity contribution is -0.0328. The fourth-order valence-corrected chi connectivity index (χ4v) is 2.15. The summed E-state index contributed by atoms with van der Waals surface area (Å²) in [5, 5.41) is 5.39. The molecule has 0 aromatic heterocycles. The van der Waals surface area contributed by atoms with E-state index in [9.17, 15) is 18.0 Å². The normalized spacial score (nSPS) is 11.9. The van der Waals surface area contributed by atoms with Crippen LogP contribution in [0.15, 0.2) is 29.2 Å². The van der Waals surface area contributed by atoms with Gasteiger partial charge in [0.05, 0.1) is 0 Å². The second kappa shape index (κ2) is 7.62. The smallest absolute Gasteiger partial charge is 0.444 e. The highest BCUT2D eigenvalue weighted by atomic mass is 32.2. The van der Waals surface area contributed by atoms with Crippen molar-refractivity contribution < 1.29 is 22.7 Å². The molecule has 0 heterocycles. The molecule has 2 N–H and O–H groups in total. The second-order valence-corrected chi connectivity index (χ2v) is 6.51. The highest BCUT2D eigenvalue weighted by Gasteiger charge is 2.30. The van der Waals surface area contributed by atoms with E-state index in [-0.39, 0.29) is 29.7 Å². The molecule has 22 heavy (non-hydrogen) atoms. The molecule has 0 aliphatic carbocycles. The molecule has 1 aromatic carbocycles. The number of thioether (sulfide) groups is 1. The Morgan fingerprint density at radius 1 is 1.18 bits per heavy atom. The molecule has 0 saturated heterocycles. The number of hydrogen-bond donors (Lipinski definition) is 2. The summed E-state index contributed by atoms with van der Waals surface area (Å²) in [6, 6.07) is 6.13. The van der Waals surface area contributed by atoms with Gasteiger partial charge in [-0.1, -0.05) is 12.1 Å². The minimum Gasteiger partial charge on any atom is -0.444 e. The standard InChI is InChI=1S/C14H19F3N2O2S/c1-13(2,3)21-12(20)19-9-8-18-10-6-4-5-7-11(10)22-14(15,16)17/h4-7,18H,8-9H2,1-3H3,(H,19,20). The Hall–Kier alpha value is -1.57. The highest BCUT2D eigenvalue weighted by molar-refractivity contribution is 8.00. The van der Waals surface area contributed by atoms with Crippen molar-refractivity contribution in [3.63, 3.8) is 0 Å². The number of carbonyl (C=O) groups excluding carboxylic acids is 1. The summed E-state index contributed by atoms with van der Waals surface area (Å²) in [7, 11) is 0. The third kappa shape index (κ3) is 8.02. The molecule has 0 atom stereocenters. The monoisotopic (exact) mass is 336 g/mol. The number of anilines is 1. The number of ether oxygens (including phenoxy) is 1. The lowest BCUT2D eigenvalue weighted by atomic mass is 10.2. The minimum atomic E-state index is -4.34. The van der Waals surface area contributed by atoms with Crippen molar-refractivity contribution in [2.24, 2.45) is 0 Å². The molecule has 0 fully saturated rings. The van der Waals surface area contributed by atoms with E-state index in [1.165, 1.54) is 12.1 Å². The van der Waals surface area contributed by atoms with Crippen molar-refractivity contribution in [3.8, 4) is 0 Å². The van der Waals surface area contributed by atoms with Gasteiger partial charge in [0, 0.05) is 23.7 Å². The first-order chi connectivity index (χ1) is 10.1. The molecular weight excluding hydrogens is 317 g/mol. The molecule has 0 unspecified atom stereocenters. The molecule has 1 aromatic rings. The number of alkyl halides is 3. The van der Waals surface area contributed by atoms with Crippen molar-refractivity contribution in [3.05, 3.63) is 24.3 Å². The van der Waals surface area contributed by atoms with Gasteiger partial charge < -0.3 is 15.4 Å². The van der Waals surface area contributed by atoms with Crippen LogP contribution in [-0.4, -0.2) is 30.3 Å². The number of hydrogen-bond acceptors (Lipinski definition) is 4. The van der Waals surface area contributed by atoms with E-state index in [0.717, 1.165) is 0 Å².